The van der Waals surface area contributed by atoms with Crippen molar-refractivity contribution in [1.82, 2.24) is 4.72 Å². The monoisotopic (exact) mass is 167 g/mol. The summed E-state index contributed by atoms with van der Waals surface area (Å²) in [6, 6.07) is 7.95. The Morgan fingerprint density at radius 1 is 1.36 bits per heavy atom. The lowest BCUT2D eigenvalue weighted by Gasteiger charge is -1.97. The van der Waals surface area contributed by atoms with Crippen LogP contribution in [0.3, 0.4) is 0 Å². The molecule has 1 N–H and O–H groups in total. The van der Waals surface area contributed by atoms with Gasteiger partial charge in [-0.1, -0.05) is 17.7 Å². The number of aryl methyl sites for hydroxylation is 1. The van der Waals surface area contributed by atoms with Crippen LogP contribution >= 0.6 is 11.9 Å². The highest BCUT2D eigenvalue weighted by Gasteiger charge is 1.89. The van der Waals surface area contributed by atoms with Crippen molar-refractivity contribution >= 4 is 18.4 Å². The Hall–Kier alpha value is -0.960. The fourth-order valence-corrected chi connectivity index (χ4v) is 1.15. The number of rotatable bonds is 3. The molecule has 0 aromatic heterocycles. The second kappa shape index (κ2) is 4.03. The maximum atomic E-state index is 9.91. The van der Waals surface area contributed by atoms with E-state index in [0.717, 1.165) is 4.90 Å². The van der Waals surface area contributed by atoms with E-state index in [9.17, 15) is 4.79 Å². The fraction of sp³-hybridized carbons (Fsp3) is 0.125. The number of nitrogens with one attached hydrogen (secondary N) is 1. The van der Waals surface area contributed by atoms with Crippen LogP contribution in [0.1, 0.15) is 5.56 Å². The third-order valence-electron chi connectivity index (χ3n) is 1.25. The minimum atomic E-state index is 0.671. The molecule has 0 aliphatic carbocycles. The van der Waals surface area contributed by atoms with Gasteiger partial charge in [0.2, 0.25) is 6.41 Å². The number of carbonyl (C=O) groups is 1. The first kappa shape index (κ1) is 8.14. The maximum absolute atomic E-state index is 9.91. The Bertz CT molecular complexity index is 232. The molecule has 3 heteroatoms. The van der Waals surface area contributed by atoms with Crippen LogP contribution in [0.4, 0.5) is 0 Å². The standard InChI is InChI=1S/C8H9NOS/c1-7-2-4-8(5-3-7)11-9-6-10/h2-6H,1H3,(H,9,10). The van der Waals surface area contributed by atoms with Crippen molar-refractivity contribution in [2.45, 2.75) is 11.8 Å². The number of amides is 1. The van der Waals surface area contributed by atoms with Crippen LogP contribution in [-0.2, 0) is 4.79 Å². The van der Waals surface area contributed by atoms with Gasteiger partial charge in [0, 0.05) is 4.90 Å². The number of carbonyl (C=O) groups excluding carboxylic acids is 1. The molecule has 0 aliphatic rings. The molecule has 0 heterocycles. The Labute approximate surface area is 70.1 Å². The zero-order valence-corrected chi connectivity index (χ0v) is 7.02. The van der Waals surface area contributed by atoms with Gasteiger partial charge in [0.05, 0.1) is 0 Å². The summed E-state index contributed by atoms with van der Waals surface area (Å²) in [5, 5.41) is 0. The zero-order valence-electron chi connectivity index (χ0n) is 6.20. The van der Waals surface area contributed by atoms with Gasteiger partial charge >= 0.3 is 0 Å². The summed E-state index contributed by atoms with van der Waals surface area (Å²) in [7, 11) is 0. The zero-order chi connectivity index (χ0) is 8.10. The van der Waals surface area contributed by atoms with Crippen molar-refractivity contribution in [3.05, 3.63) is 29.8 Å². The number of hydrogen-bond acceptors (Lipinski definition) is 2. The molecule has 58 valence electrons. The third-order valence-corrected chi connectivity index (χ3v) is 1.97. The van der Waals surface area contributed by atoms with E-state index in [2.05, 4.69) is 4.72 Å². The molecule has 0 aliphatic heterocycles. The van der Waals surface area contributed by atoms with Gasteiger partial charge in [0.1, 0.15) is 0 Å². The lowest BCUT2D eigenvalue weighted by Crippen LogP contribution is -1.96. The molecule has 1 aromatic carbocycles. The molecule has 1 amide bonds. The smallest absolute Gasteiger partial charge is 0.217 e. The first-order chi connectivity index (χ1) is 5.33. The average molecular weight is 167 g/mol. The van der Waals surface area contributed by atoms with Crippen molar-refractivity contribution < 1.29 is 4.79 Å². The summed E-state index contributed by atoms with van der Waals surface area (Å²) in [6.07, 6.45) is 0.671. The van der Waals surface area contributed by atoms with Gasteiger partial charge in [0.15, 0.2) is 0 Å². The van der Waals surface area contributed by atoms with E-state index in [-0.39, 0.29) is 0 Å². The quantitative estimate of drug-likeness (QED) is 0.549. The Morgan fingerprint density at radius 2 is 2.00 bits per heavy atom. The Morgan fingerprint density at radius 3 is 2.55 bits per heavy atom. The van der Waals surface area contributed by atoms with Crippen LogP contribution in [0, 0.1) is 6.92 Å². The van der Waals surface area contributed by atoms with Crippen LogP contribution in [0.2, 0.25) is 0 Å². The minimum absolute atomic E-state index is 0.671. The second-order valence-electron chi connectivity index (χ2n) is 2.15. The number of hydrogen-bond donors (Lipinski definition) is 1. The van der Waals surface area contributed by atoms with E-state index in [1.165, 1.54) is 17.5 Å². The second-order valence-corrected chi connectivity index (χ2v) is 3.06. The summed E-state index contributed by atoms with van der Waals surface area (Å²) >= 11 is 1.31. The molecule has 0 atom stereocenters. The van der Waals surface area contributed by atoms with E-state index in [1.54, 1.807) is 0 Å². The van der Waals surface area contributed by atoms with E-state index >= 15 is 0 Å². The highest BCUT2D eigenvalue weighted by atomic mass is 32.2. The Balaban J connectivity index is 2.58. The molecule has 0 spiro atoms. The molecule has 2 nitrogen and oxygen atoms in total. The van der Waals surface area contributed by atoms with Gasteiger partial charge in [-0.15, -0.1) is 0 Å². The van der Waals surface area contributed by atoms with Crippen molar-refractivity contribution in [2.75, 3.05) is 0 Å². The SMILES string of the molecule is Cc1ccc(SNC=O)cc1. The molecule has 0 unspecified atom stereocenters. The first-order valence-electron chi connectivity index (χ1n) is 3.25. The molecule has 0 saturated heterocycles. The van der Waals surface area contributed by atoms with E-state index in [0.29, 0.717) is 6.41 Å². The first-order valence-corrected chi connectivity index (χ1v) is 4.07. The summed E-state index contributed by atoms with van der Waals surface area (Å²) < 4.78 is 2.52. The highest BCUT2D eigenvalue weighted by Crippen LogP contribution is 2.13. The molecule has 1 aromatic rings. The van der Waals surface area contributed by atoms with Crippen LogP contribution in [0.15, 0.2) is 29.2 Å². The summed E-state index contributed by atoms with van der Waals surface area (Å²) in [5.41, 5.74) is 1.22. The Kier molecular flexibility index (Phi) is 2.98. The van der Waals surface area contributed by atoms with Crippen molar-refractivity contribution in [1.29, 1.82) is 0 Å². The van der Waals surface area contributed by atoms with Gasteiger partial charge in [-0.3, -0.25) is 9.52 Å². The maximum Gasteiger partial charge on any atom is 0.217 e. The lowest BCUT2D eigenvalue weighted by molar-refractivity contribution is -0.107. The van der Waals surface area contributed by atoms with Crippen LogP contribution < -0.4 is 4.72 Å². The van der Waals surface area contributed by atoms with Gasteiger partial charge in [-0.25, -0.2) is 0 Å². The highest BCUT2D eigenvalue weighted by molar-refractivity contribution is 7.97. The van der Waals surface area contributed by atoms with Crippen molar-refractivity contribution in [3.63, 3.8) is 0 Å². The van der Waals surface area contributed by atoms with Crippen molar-refractivity contribution in [3.8, 4) is 0 Å². The minimum Gasteiger partial charge on any atom is -0.299 e. The molecule has 0 bridgehead atoms. The normalized spacial score (nSPS) is 9.18. The van der Waals surface area contributed by atoms with Gasteiger partial charge in [-0.2, -0.15) is 0 Å². The van der Waals surface area contributed by atoms with Crippen LogP contribution in [-0.4, -0.2) is 6.41 Å². The summed E-state index contributed by atoms with van der Waals surface area (Å²) in [4.78, 5) is 11.0. The van der Waals surface area contributed by atoms with E-state index in [1.807, 2.05) is 31.2 Å². The van der Waals surface area contributed by atoms with Crippen LogP contribution in [0.5, 0.6) is 0 Å². The molecule has 1 rings (SSSR count). The summed E-state index contributed by atoms with van der Waals surface area (Å²) in [5.74, 6) is 0. The van der Waals surface area contributed by atoms with Crippen LogP contribution in [0.25, 0.3) is 0 Å². The summed E-state index contributed by atoms with van der Waals surface area (Å²) in [6.45, 7) is 2.03. The molecule has 0 saturated carbocycles. The number of benzene rings is 1. The molecule has 11 heavy (non-hydrogen) atoms. The fourth-order valence-electron chi connectivity index (χ4n) is 0.698. The average Bonchev–Trinajstić information content (AvgIpc) is 2.04. The van der Waals surface area contributed by atoms with E-state index in [4.69, 9.17) is 0 Å². The topological polar surface area (TPSA) is 29.1 Å². The predicted molar refractivity (Wildman–Crippen MR) is 46.2 cm³/mol. The van der Waals surface area contributed by atoms with Gasteiger partial charge < -0.3 is 0 Å². The molecule has 0 fully saturated rings. The predicted octanol–water partition coefficient (Wildman–Crippen LogP) is 1.75. The molecule has 0 radical (unpaired) electrons. The molecular weight excluding hydrogens is 158 g/mol. The third kappa shape index (κ3) is 2.63. The van der Waals surface area contributed by atoms with E-state index < -0.39 is 0 Å². The largest absolute Gasteiger partial charge is 0.299 e. The van der Waals surface area contributed by atoms with Gasteiger partial charge in [0.25, 0.3) is 0 Å². The molecular formula is C8H9NOS. The van der Waals surface area contributed by atoms with Gasteiger partial charge in [-0.05, 0) is 31.0 Å². The lowest BCUT2D eigenvalue weighted by atomic mass is 10.2. The van der Waals surface area contributed by atoms with Crippen molar-refractivity contribution in [2.24, 2.45) is 0 Å².